The van der Waals surface area contributed by atoms with Gasteiger partial charge < -0.3 is 5.73 Å². The van der Waals surface area contributed by atoms with Crippen LogP contribution in [0.3, 0.4) is 0 Å². The van der Waals surface area contributed by atoms with Gasteiger partial charge in [0, 0.05) is 24.7 Å². The number of carbonyl (C=O) groups is 1. The molecule has 0 radical (unpaired) electrons. The maximum Gasteiger partial charge on any atom is 0.221 e. The molecule has 1 atom stereocenters. The fraction of sp³-hybridized carbons (Fsp3) is 0.375. The van der Waals surface area contributed by atoms with Crippen LogP contribution in [0.1, 0.15) is 18.4 Å². The van der Waals surface area contributed by atoms with E-state index in [-0.39, 0.29) is 11.8 Å². The molecule has 2 heterocycles. The number of amides is 1. The Morgan fingerprint density at radius 2 is 2.25 bits per heavy atom. The molecule has 1 fully saturated rings. The van der Waals surface area contributed by atoms with Crippen LogP contribution in [0.15, 0.2) is 36.5 Å². The van der Waals surface area contributed by atoms with Crippen molar-refractivity contribution in [2.75, 3.05) is 13.1 Å². The highest BCUT2D eigenvalue weighted by molar-refractivity contribution is 5.82. The molecule has 0 bridgehead atoms. The number of hydrogen-bond acceptors (Lipinski definition) is 3. The molecule has 0 saturated carbocycles. The van der Waals surface area contributed by atoms with E-state index in [9.17, 15) is 4.79 Å². The fourth-order valence-electron chi connectivity index (χ4n) is 2.98. The molecule has 1 saturated heterocycles. The summed E-state index contributed by atoms with van der Waals surface area (Å²) in [5.41, 5.74) is 7.72. The zero-order valence-corrected chi connectivity index (χ0v) is 11.5. The molecule has 2 aromatic rings. The summed E-state index contributed by atoms with van der Waals surface area (Å²) in [7, 11) is 0. The normalized spacial score (nSPS) is 20.1. The van der Waals surface area contributed by atoms with E-state index in [2.05, 4.69) is 22.0 Å². The molecule has 4 heteroatoms. The molecule has 3 rings (SSSR count). The van der Waals surface area contributed by atoms with Crippen molar-refractivity contribution in [1.29, 1.82) is 0 Å². The van der Waals surface area contributed by atoms with Crippen molar-refractivity contribution in [3.05, 3.63) is 42.1 Å². The summed E-state index contributed by atoms with van der Waals surface area (Å²) in [4.78, 5) is 18.1. The van der Waals surface area contributed by atoms with Gasteiger partial charge in [-0.2, -0.15) is 0 Å². The highest BCUT2D eigenvalue weighted by atomic mass is 16.1. The van der Waals surface area contributed by atoms with Gasteiger partial charge in [0.15, 0.2) is 0 Å². The van der Waals surface area contributed by atoms with Crippen molar-refractivity contribution in [3.8, 4) is 0 Å². The number of nitrogens with zero attached hydrogens (tertiary/aromatic N) is 2. The van der Waals surface area contributed by atoms with Crippen molar-refractivity contribution in [3.63, 3.8) is 0 Å². The van der Waals surface area contributed by atoms with Crippen LogP contribution in [-0.4, -0.2) is 28.9 Å². The second-order valence-electron chi connectivity index (χ2n) is 5.46. The molecule has 20 heavy (non-hydrogen) atoms. The van der Waals surface area contributed by atoms with E-state index in [0.29, 0.717) is 0 Å². The van der Waals surface area contributed by atoms with Gasteiger partial charge in [0.25, 0.3) is 0 Å². The molecule has 1 amide bonds. The van der Waals surface area contributed by atoms with Gasteiger partial charge in [-0.1, -0.05) is 18.2 Å². The lowest BCUT2D eigenvalue weighted by Gasteiger charge is -2.31. The summed E-state index contributed by atoms with van der Waals surface area (Å²) in [5.74, 6) is -0.175. The Kier molecular flexibility index (Phi) is 3.65. The quantitative estimate of drug-likeness (QED) is 0.926. The Morgan fingerprint density at radius 3 is 3.10 bits per heavy atom. The molecule has 1 aliphatic rings. The van der Waals surface area contributed by atoms with E-state index < -0.39 is 0 Å². The van der Waals surface area contributed by atoms with Crippen molar-refractivity contribution >= 4 is 16.8 Å². The Morgan fingerprint density at radius 1 is 1.35 bits per heavy atom. The SMILES string of the molecule is NC(=O)[C@@H]1CCCN(Cc2cccc3ncccc23)C1. The van der Waals surface area contributed by atoms with Crippen molar-refractivity contribution < 1.29 is 4.79 Å². The Hall–Kier alpha value is -1.94. The third kappa shape index (κ3) is 2.65. The number of rotatable bonds is 3. The van der Waals surface area contributed by atoms with Gasteiger partial charge in [0.1, 0.15) is 0 Å². The van der Waals surface area contributed by atoms with Crippen LogP contribution in [0.4, 0.5) is 0 Å². The summed E-state index contributed by atoms with van der Waals surface area (Å²) in [6, 6.07) is 10.3. The fourth-order valence-corrected chi connectivity index (χ4v) is 2.98. The minimum Gasteiger partial charge on any atom is -0.369 e. The van der Waals surface area contributed by atoms with E-state index in [1.165, 1.54) is 10.9 Å². The average Bonchev–Trinajstić information content (AvgIpc) is 2.48. The molecule has 1 aromatic carbocycles. The van der Waals surface area contributed by atoms with E-state index in [4.69, 9.17) is 5.73 Å². The van der Waals surface area contributed by atoms with E-state index in [0.717, 1.165) is 38.0 Å². The molecule has 104 valence electrons. The summed E-state index contributed by atoms with van der Waals surface area (Å²) >= 11 is 0. The molecule has 4 nitrogen and oxygen atoms in total. The Bertz CT molecular complexity index is 621. The molecule has 0 unspecified atom stereocenters. The Labute approximate surface area is 118 Å². The predicted octanol–water partition coefficient (Wildman–Crippen LogP) is 1.93. The topological polar surface area (TPSA) is 59.2 Å². The molecule has 2 N–H and O–H groups in total. The first-order valence-electron chi connectivity index (χ1n) is 7.08. The maximum absolute atomic E-state index is 11.4. The highest BCUT2D eigenvalue weighted by Crippen LogP contribution is 2.22. The monoisotopic (exact) mass is 269 g/mol. The van der Waals surface area contributed by atoms with Gasteiger partial charge in [0.2, 0.25) is 5.91 Å². The van der Waals surface area contributed by atoms with Gasteiger partial charge in [-0.05, 0) is 37.1 Å². The number of aromatic nitrogens is 1. The molecule has 0 aliphatic carbocycles. The molecule has 1 aliphatic heterocycles. The van der Waals surface area contributed by atoms with E-state index in [1.54, 1.807) is 0 Å². The van der Waals surface area contributed by atoms with E-state index >= 15 is 0 Å². The lowest BCUT2D eigenvalue weighted by molar-refractivity contribution is -0.123. The van der Waals surface area contributed by atoms with Crippen LogP contribution in [0.5, 0.6) is 0 Å². The minimum absolute atomic E-state index is 0.00292. The lowest BCUT2D eigenvalue weighted by atomic mass is 9.96. The maximum atomic E-state index is 11.4. The molecular weight excluding hydrogens is 250 g/mol. The lowest BCUT2D eigenvalue weighted by Crippen LogP contribution is -2.40. The summed E-state index contributed by atoms with van der Waals surface area (Å²) in [6.45, 7) is 2.65. The van der Waals surface area contributed by atoms with Gasteiger partial charge in [-0.25, -0.2) is 0 Å². The first-order chi connectivity index (χ1) is 9.74. The smallest absolute Gasteiger partial charge is 0.221 e. The first kappa shape index (κ1) is 13.1. The number of piperidine rings is 1. The summed E-state index contributed by atoms with van der Waals surface area (Å²) in [5, 5.41) is 1.19. The zero-order valence-electron chi connectivity index (χ0n) is 11.5. The number of nitrogens with two attached hydrogens (primary N) is 1. The van der Waals surface area contributed by atoms with Gasteiger partial charge in [-0.3, -0.25) is 14.7 Å². The number of benzene rings is 1. The molecule has 0 spiro atoms. The van der Waals surface area contributed by atoms with Crippen molar-refractivity contribution in [2.45, 2.75) is 19.4 Å². The standard InChI is InChI=1S/C16H19N3O/c17-16(20)13-5-3-9-19(11-13)10-12-4-1-7-15-14(12)6-2-8-18-15/h1-2,4,6-8,13H,3,5,9-11H2,(H2,17,20)/t13-/m1/s1. The van der Waals surface area contributed by atoms with Crippen LogP contribution < -0.4 is 5.73 Å². The number of pyridine rings is 1. The molecular formula is C16H19N3O. The molecule has 1 aromatic heterocycles. The second-order valence-corrected chi connectivity index (χ2v) is 5.46. The van der Waals surface area contributed by atoms with Crippen LogP contribution in [0.25, 0.3) is 10.9 Å². The van der Waals surface area contributed by atoms with Crippen LogP contribution in [0.2, 0.25) is 0 Å². The van der Waals surface area contributed by atoms with Crippen molar-refractivity contribution in [1.82, 2.24) is 9.88 Å². The predicted molar refractivity (Wildman–Crippen MR) is 78.9 cm³/mol. The van der Waals surface area contributed by atoms with Crippen molar-refractivity contribution in [2.24, 2.45) is 11.7 Å². The first-order valence-corrected chi connectivity index (χ1v) is 7.08. The number of carbonyl (C=O) groups excluding carboxylic acids is 1. The van der Waals surface area contributed by atoms with Gasteiger partial charge in [-0.15, -0.1) is 0 Å². The number of likely N-dealkylation sites (tertiary alicyclic amines) is 1. The third-order valence-electron chi connectivity index (χ3n) is 4.04. The van der Waals surface area contributed by atoms with E-state index in [1.807, 2.05) is 24.4 Å². The Balaban J connectivity index is 1.81. The largest absolute Gasteiger partial charge is 0.369 e. The minimum atomic E-state index is -0.172. The summed E-state index contributed by atoms with van der Waals surface area (Å²) in [6.07, 6.45) is 3.77. The van der Waals surface area contributed by atoms with Crippen LogP contribution >= 0.6 is 0 Å². The zero-order chi connectivity index (χ0) is 13.9. The summed E-state index contributed by atoms with van der Waals surface area (Å²) < 4.78 is 0. The van der Waals surface area contributed by atoms with Gasteiger partial charge in [0.05, 0.1) is 11.4 Å². The second kappa shape index (κ2) is 5.59. The van der Waals surface area contributed by atoms with Crippen LogP contribution in [-0.2, 0) is 11.3 Å². The van der Waals surface area contributed by atoms with Crippen LogP contribution in [0, 0.1) is 5.92 Å². The third-order valence-corrected chi connectivity index (χ3v) is 4.04. The van der Waals surface area contributed by atoms with Gasteiger partial charge >= 0.3 is 0 Å². The number of hydrogen-bond donors (Lipinski definition) is 1. The average molecular weight is 269 g/mol. The number of fused-ring (bicyclic) bond motifs is 1. The highest BCUT2D eigenvalue weighted by Gasteiger charge is 2.24. The number of primary amides is 1.